The summed E-state index contributed by atoms with van der Waals surface area (Å²) in [5.74, 6) is -0.777. The second-order valence-electron chi connectivity index (χ2n) is 5.11. The lowest BCUT2D eigenvalue weighted by Crippen LogP contribution is -2.33. The lowest BCUT2D eigenvalue weighted by Gasteiger charge is -2.03. The minimum Gasteiger partial charge on any atom is -0.469 e. The molecule has 25 heavy (non-hydrogen) atoms. The van der Waals surface area contributed by atoms with Crippen LogP contribution >= 0.6 is 0 Å². The van der Waals surface area contributed by atoms with E-state index in [0.717, 1.165) is 0 Å². The quantitative estimate of drug-likeness (QED) is 0.655. The summed E-state index contributed by atoms with van der Waals surface area (Å²) < 4.78 is 18.7. The Hall–Kier alpha value is -3.49. The normalized spacial score (nSPS) is 10.5. The summed E-state index contributed by atoms with van der Waals surface area (Å²) in [7, 11) is 0. The lowest BCUT2D eigenvalue weighted by atomic mass is 10.2. The van der Waals surface area contributed by atoms with Crippen LogP contribution in [0, 0.1) is 12.7 Å². The van der Waals surface area contributed by atoms with Gasteiger partial charge in [-0.05, 0) is 25.1 Å². The van der Waals surface area contributed by atoms with Crippen molar-refractivity contribution in [3.8, 4) is 11.4 Å². The van der Waals surface area contributed by atoms with E-state index < -0.39 is 17.6 Å². The molecule has 3 N–H and O–H groups in total. The van der Waals surface area contributed by atoms with E-state index in [0.29, 0.717) is 11.3 Å². The van der Waals surface area contributed by atoms with Gasteiger partial charge in [0, 0.05) is 0 Å². The van der Waals surface area contributed by atoms with Crippen LogP contribution in [0.15, 0.2) is 41.0 Å². The highest BCUT2D eigenvalue weighted by molar-refractivity contribution is 5.99. The Morgan fingerprint density at radius 3 is 2.80 bits per heavy atom. The Balaban J connectivity index is 1.58. The van der Waals surface area contributed by atoms with Crippen LogP contribution < -0.4 is 10.6 Å². The van der Waals surface area contributed by atoms with Crippen LogP contribution in [0.25, 0.3) is 11.4 Å². The van der Waals surface area contributed by atoms with Gasteiger partial charge in [-0.2, -0.15) is 4.98 Å². The van der Waals surface area contributed by atoms with Crippen LogP contribution in [-0.2, 0) is 4.79 Å². The minimum absolute atomic E-state index is 0.0167. The van der Waals surface area contributed by atoms with Crippen molar-refractivity contribution >= 4 is 17.8 Å². The topological polar surface area (TPSA) is 113 Å². The van der Waals surface area contributed by atoms with Crippen LogP contribution in [0.4, 0.5) is 10.3 Å². The molecule has 128 valence electrons. The second-order valence-corrected chi connectivity index (χ2v) is 5.11. The summed E-state index contributed by atoms with van der Waals surface area (Å²) in [6, 6.07) is 7.56. The molecule has 1 aromatic carbocycles. The molecule has 0 aliphatic heterocycles. The number of amides is 2. The first-order valence-electron chi connectivity index (χ1n) is 7.34. The number of benzene rings is 1. The molecular formula is C16H14FN5O3. The standard InChI is InChI=1S/C16H14FN5O3/c1-9-10(6-7-25-9)15(24)18-8-13(23)19-16-20-14(21-22-16)11-4-2-3-5-12(11)17/h2-7H,8H2,1H3,(H,18,24)(H2,19,20,21,22,23). The van der Waals surface area contributed by atoms with Crippen molar-refractivity contribution in [3.63, 3.8) is 0 Å². The zero-order valence-corrected chi connectivity index (χ0v) is 13.2. The summed E-state index contributed by atoms with van der Waals surface area (Å²) in [6.45, 7) is 1.37. The van der Waals surface area contributed by atoms with E-state index >= 15 is 0 Å². The van der Waals surface area contributed by atoms with Gasteiger partial charge in [0.2, 0.25) is 11.9 Å². The molecule has 0 saturated carbocycles. The van der Waals surface area contributed by atoms with Crippen LogP contribution in [-0.4, -0.2) is 33.5 Å². The lowest BCUT2D eigenvalue weighted by molar-refractivity contribution is -0.115. The summed E-state index contributed by atoms with van der Waals surface area (Å²) in [4.78, 5) is 27.8. The average Bonchev–Trinajstić information content (AvgIpc) is 3.22. The molecule has 9 heteroatoms. The number of hydrogen-bond donors (Lipinski definition) is 3. The van der Waals surface area contributed by atoms with E-state index in [2.05, 4.69) is 25.8 Å². The number of H-pyrrole nitrogens is 1. The van der Waals surface area contributed by atoms with Gasteiger partial charge in [-0.15, -0.1) is 5.10 Å². The van der Waals surface area contributed by atoms with Crippen molar-refractivity contribution < 1.29 is 18.4 Å². The maximum absolute atomic E-state index is 13.7. The van der Waals surface area contributed by atoms with Gasteiger partial charge in [-0.25, -0.2) is 4.39 Å². The minimum atomic E-state index is -0.520. The van der Waals surface area contributed by atoms with E-state index in [1.54, 1.807) is 19.1 Å². The van der Waals surface area contributed by atoms with E-state index in [1.165, 1.54) is 24.5 Å². The van der Waals surface area contributed by atoms with Gasteiger partial charge >= 0.3 is 0 Å². The highest BCUT2D eigenvalue weighted by Crippen LogP contribution is 2.19. The molecule has 0 spiro atoms. The fraction of sp³-hybridized carbons (Fsp3) is 0.125. The number of furan rings is 1. The third kappa shape index (κ3) is 3.71. The Bertz CT molecular complexity index is 918. The number of carbonyl (C=O) groups excluding carboxylic acids is 2. The Kier molecular flexibility index (Phi) is 4.55. The number of aryl methyl sites for hydroxylation is 1. The van der Waals surface area contributed by atoms with Crippen molar-refractivity contribution in [2.24, 2.45) is 0 Å². The zero-order valence-electron chi connectivity index (χ0n) is 13.2. The molecule has 0 unspecified atom stereocenters. The zero-order chi connectivity index (χ0) is 17.8. The fourth-order valence-electron chi connectivity index (χ4n) is 2.14. The van der Waals surface area contributed by atoms with Gasteiger partial charge < -0.3 is 9.73 Å². The molecule has 0 saturated heterocycles. The summed E-state index contributed by atoms with van der Waals surface area (Å²) in [5, 5.41) is 11.2. The highest BCUT2D eigenvalue weighted by atomic mass is 19.1. The first-order chi connectivity index (χ1) is 12.0. The number of aromatic nitrogens is 3. The number of halogens is 1. The maximum Gasteiger partial charge on any atom is 0.255 e. The molecule has 3 aromatic rings. The molecule has 0 fully saturated rings. The monoisotopic (exact) mass is 343 g/mol. The third-order valence-corrected chi connectivity index (χ3v) is 3.38. The van der Waals surface area contributed by atoms with Gasteiger partial charge in [0.25, 0.3) is 5.91 Å². The van der Waals surface area contributed by atoms with E-state index in [4.69, 9.17) is 4.42 Å². The molecule has 0 radical (unpaired) electrons. The molecular weight excluding hydrogens is 329 g/mol. The van der Waals surface area contributed by atoms with E-state index in [-0.39, 0.29) is 23.9 Å². The van der Waals surface area contributed by atoms with Crippen molar-refractivity contribution in [2.75, 3.05) is 11.9 Å². The van der Waals surface area contributed by atoms with Gasteiger partial charge in [-0.1, -0.05) is 12.1 Å². The Labute approximate surface area is 141 Å². The average molecular weight is 343 g/mol. The van der Waals surface area contributed by atoms with E-state index in [1.807, 2.05) is 0 Å². The Morgan fingerprint density at radius 2 is 2.08 bits per heavy atom. The SMILES string of the molecule is Cc1occc1C(=O)NCC(=O)Nc1n[nH]c(-c2ccccc2F)n1. The molecule has 0 aliphatic carbocycles. The van der Waals surface area contributed by atoms with Crippen LogP contribution in [0.3, 0.4) is 0 Å². The first-order valence-corrected chi connectivity index (χ1v) is 7.34. The number of rotatable bonds is 5. The van der Waals surface area contributed by atoms with Crippen molar-refractivity contribution in [1.82, 2.24) is 20.5 Å². The van der Waals surface area contributed by atoms with Gasteiger partial charge in [0.15, 0.2) is 5.82 Å². The number of nitrogens with zero attached hydrogens (tertiary/aromatic N) is 2. The number of aromatic amines is 1. The summed E-state index contributed by atoms with van der Waals surface area (Å²) in [5.41, 5.74) is 0.590. The maximum atomic E-state index is 13.7. The third-order valence-electron chi connectivity index (χ3n) is 3.38. The largest absolute Gasteiger partial charge is 0.469 e. The molecule has 0 aliphatic rings. The predicted molar refractivity (Wildman–Crippen MR) is 86.2 cm³/mol. The fourth-order valence-corrected chi connectivity index (χ4v) is 2.14. The number of anilines is 1. The second kappa shape index (κ2) is 6.95. The van der Waals surface area contributed by atoms with Crippen molar-refractivity contribution in [1.29, 1.82) is 0 Å². The number of nitrogens with one attached hydrogen (secondary N) is 3. The number of hydrogen-bond acceptors (Lipinski definition) is 5. The van der Waals surface area contributed by atoms with Gasteiger partial charge in [0.05, 0.1) is 23.9 Å². The van der Waals surface area contributed by atoms with Crippen molar-refractivity contribution in [2.45, 2.75) is 6.92 Å². The van der Waals surface area contributed by atoms with Crippen LogP contribution in [0.1, 0.15) is 16.1 Å². The molecule has 0 atom stereocenters. The van der Waals surface area contributed by atoms with Gasteiger partial charge in [0.1, 0.15) is 11.6 Å². The first kappa shape index (κ1) is 16.4. The smallest absolute Gasteiger partial charge is 0.255 e. The van der Waals surface area contributed by atoms with E-state index in [9.17, 15) is 14.0 Å². The molecule has 8 nitrogen and oxygen atoms in total. The van der Waals surface area contributed by atoms with Crippen molar-refractivity contribution in [3.05, 3.63) is 53.7 Å². The summed E-state index contributed by atoms with van der Waals surface area (Å²) >= 11 is 0. The number of carbonyl (C=O) groups is 2. The van der Waals surface area contributed by atoms with Gasteiger partial charge in [-0.3, -0.25) is 20.0 Å². The predicted octanol–water partition coefficient (Wildman–Crippen LogP) is 1.88. The molecule has 2 amide bonds. The molecule has 2 heterocycles. The molecule has 3 rings (SSSR count). The highest BCUT2D eigenvalue weighted by Gasteiger charge is 2.14. The summed E-state index contributed by atoms with van der Waals surface area (Å²) in [6.07, 6.45) is 1.39. The van der Waals surface area contributed by atoms with Crippen LogP contribution in [0.2, 0.25) is 0 Å². The molecule has 2 aromatic heterocycles. The Morgan fingerprint density at radius 1 is 1.28 bits per heavy atom. The molecule has 0 bridgehead atoms. The van der Waals surface area contributed by atoms with Crippen LogP contribution in [0.5, 0.6) is 0 Å².